The summed E-state index contributed by atoms with van der Waals surface area (Å²) in [7, 11) is 0. The lowest BCUT2D eigenvalue weighted by Crippen LogP contribution is -2.40. The third kappa shape index (κ3) is 0.831. The van der Waals surface area contributed by atoms with E-state index in [-0.39, 0.29) is 0 Å². The normalized spacial score (nSPS) is 62.8. The Bertz CT molecular complexity index is 208. The van der Waals surface area contributed by atoms with Crippen molar-refractivity contribution in [1.29, 1.82) is 0 Å². The predicted octanol–water partition coefficient (Wildman–Crippen LogP) is 3.47. The SMILES string of the molecule is C1CC2CC3C4CCC(C4)C3CC12. The van der Waals surface area contributed by atoms with E-state index in [9.17, 15) is 0 Å². The minimum atomic E-state index is 1.19. The van der Waals surface area contributed by atoms with Crippen LogP contribution in [0.25, 0.3) is 0 Å². The van der Waals surface area contributed by atoms with Crippen molar-refractivity contribution < 1.29 is 0 Å². The van der Waals surface area contributed by atoms with E-state index in [2.05, 4.69) is 0 Å². The predicted molar refractivity (Wildman–Crippen MR) is 53.3 cm³/mol. The zero-order chi connectivity index (χ0) is 8.41. The number of hydrogen-bond acceptors (Lipinski definition) is 0. The van der Waals surface area contributed by atoms with Crippen LogP contribution in [0.1, 0.15) is 44.9 Å². The van der Waals surface area contributed by atoms with Gasteiger partial charge in [0.25, 0.3) is 0 Å². The van der Waals surface area contributed by atoms with Crippen molar-refractivity contribution in [2.75, 3.05) is 0 Å². The maximum atomic E-state index is 1.65. The Hall–Kier alpha value is 0. The van der Waals surface area contributed by atoms with Crippen LogP contribution < -0.4 is 0 Å². The van der Waals surface area contributed by atoms with E-state index in [1.165, 1.54) is 35.5 Å². The summed E-state index contributed by atoms with van der Waals surface area (Å²) in [5.74, 6) is 7.19. The van der Waals surface area contributed by atoms with E-state index in [1.807, 2.05) is 0 Å². The van der Waals surface area contributed by atoms with Gasteiger partial charge in [-0.3, -0.25) is 0 Å². The third-order valence-electron chi connectivity index (χ3n) is 6.00. The number of fused-ring (bicyclic) bond motifs is 6. The lowest BCUT2D eigenvalue weighted by Gasteiger charge is -2.49. The third-order valence-corrected chi connectivity index (χ3v) is 6.00. The van der Waals surface area contributed by atoms with Gasteiger partial charge in [-0.1, -0.05) is 0 Å². The fourth-order valence-electron chi connectivity index (χ4n) is 5.22. The Morgan fingerprint density at radius 3 is 1.38 bits per heavy atom. The maximum Gasteiger partial charge on any atom is -0.0352 e. The molecule has 0 radical (unpaired) electrons. The quantitative estimate of drug-likeness (QED) is 0.530. The Kier molecular flexibility index (Phi) is 1.31. The van der Waals surface area contributed by atoms with Gasteiger partial charge < -0.3 is 0 Å². The van der Waals surface area contributed by atoms with Gasteiger partial charge in [-0.05, 0) is 80.5 Å². The molecule has 0 spiro atoms. The first-order chi connectivity index (χ1) is 6.42. The first kappa shape index (κ1) is 7.31. The lowest BCUT2D eigenvalue weighted by atomic mass is 9.56. The van der Waals surface area contributed by atoms with E-state index in [4.69, 9.17) is 0 Å². The fraction of sp³-hybridized carbons (Fsp3) is 1.00. The summed E-state index contributed by atoms with van der Waals surface area (Å²) in [4.78, 5) is 0. The summed E-state index contributed by atoms with van der Waals surface area (Å²) in [6.07, 6.45) is 11.3. The molecule has 0 aliphatic heterocycles. The highest BCUT2D eigenvalue weighted by Crippen LogP contribution is 2.62. The summed E-state index contributed by atoms with van der Waals surface area (Å²) in [6, 6.07) is 0. The summed E-state index contributed by atoms with van der Waals surface area (Å²) in [6.45, 7) is 0. The van der Waals surface area contributed by atoms with Crippen LogP contribution in [-0.4, -0.2) is 0 Å². The van der Waals surface area contributed by atoms with Crippen molar-refractivity contribution in [3.63, 3.8) is 0 Å². The molecule has 4 rings (SSSR count). The fourth-order valence-corrected chi connectivity index (χ4v) is 5.22. The molecule has 2 bridgehead atoms. The minimum Gasteiger partial charge on any atom is -0.0499 e. The average Bonchev–Trinajstić information content (AvgIpc) is 2.67. The van der Waals surface area contributed by atoms with E-state index in [0.29, 0.717) is 0 Å². The molecule has 6 atom stereocenters. The van der Waals surface area contributed by atoms with Crippen molar-refractivity contribution in [3.05, 3.63) is 0 Å². The Morgan fingerprint density at radius 2 is 0.923 bits per heavy atom. The smallest absolute Gasteiger partial charge is 0.0352 e. The molecule has 13 heavy (non-hydrogen) atoms. The number of rotatable bonds is 0. The standard InChI is InChI=1S/C13H20/c1-2-9-7-13-11-4-3-10(5-11)12(13)6-8(1)9/h8-13H,1-7H2. The van der Waals surface area contributed by atoms with Gasteiger partial charge in [0.1, 0.15) is 0 Å². The van der Waals surface area contributed by atoms with Gasteiger partial charge in [0.2, 0.25) is 0 Å². The molecule has 0 aromatic rings. The Labute approximate surface area is 81.1 Å². The topological polar surface area (TPSA) is 0 Å². The van der Waals surface area contributed by atoms with Crippen molar-refractivity contribution in [2.45, 2.75) is 44.9 Å². The van der Waals surface area contributed by atoms with Crippen molar-refractivity contribution in [2.24, 2.45) is 35.5 Å². The zero-order valence-corrected chi connectivity index (χ0v) is 8.41. The molecule has 0 saturated heterocycles. The van der Waals surface area contributed by atoms with E-state index in [0.717, 1.165) is 0 Å². The van der Waals surface area contributed by atoms with Gasteiger partial charge in [0, 0.05) is 0 Å². The molecule has 0 heterocycles. The second kappa shape index (κ2) is 2.32. The number of hydrogen-bond donors (Lipinski definition) is 0. The molecule has 4 aliphatic rings. The van der Waals surface area contributed by atoms with Gasteiger partial charge in [-0.15, -0.1) is 0 Å². The molecular weight excluding hydrogens is 156 g/mol. The van der Waals surface area contributed by atoms with Gasteiger partial charge >= 0.3 is 0 Å². The highest BCUT2D eigenvalue weighted by molar-refractivity contribution is 5.03. The first-order valence-corrected chi connectivity index (χ1v) is 6.42. The van der Waals surface area contributed by atoms with Gasteiger partial charge in [-0.2, -0.15) is 0 Å². The first-order valence-electron chi connectivity index (χ1n) is 6.42. The van der Waals surface area contributed by atoms with Crippen LogP contribution in [0.15, 0.2) is 0 Å². The minimum absolute atomic E-state index is 1.19. The van der Waals surface area contributed by atoms with Crippen LogP contribution in [-0.2, 0) is 0 Å². The second-order valence-electron chi connectivity index (χ2n) is 6.23. The van der Waals surface area contributed by atoms with Crippen LogP contribution in [0.2, 0.25) is 0 Å². The average molecular weight is 176 g/mol. The van der Waals surface area contributed by atoms with Crippen LogP contribution in [0, 0.1) is 35.5 Å². The molecule has 72 valence electrons. The van der Waals surface area contributed by atoms with E-state index in [1.54, 1.807) is 44.9 Å². The van der Waals surface area contributed by atoms with Gasteiger partial charge in [0.15, 0.2) is 0 Å². The summed E-state index contributed by atoms with van der Waals surface area (Å²) in [5.41, 5.74) is 0. The maximum absolute atomic E-state index is 1.65. The van der Waals surface area contributed by atoms with Crippen molar-refractivity contribution in [3.8, 4) is 0 Å². The lowest BCUT2D eigenvalue weighted by molar-refractivity contribution is 0.0101. The molecule has 4 saturated carbocycles. The van der Waals surface area contributed by atoms with Crippen LogP contribution >= 0.6 is 0 Å². The van der Waals surface area contributed by atoms with Crippen LogP contribution in [0.3, 0.4) is 0 Å². The molecule has 0 nitrogen and oxygen atoms in total. The molecule has 4 aliphatic carbocycles. The van der Waals surface area contributed by atoms with Gasteiger partial charge in [-0.25, -0.2) is 0 Å². The van der Waals surface area contributed by atoms with Crippen LogP contribution in [0.4, 0.5) is 0 Å². The van der Waals surface area contributed by atoms with Crippen molar-refractivity contribution in [1.82, 2.24) is 0 Å². The Balaban J connectivity index is 1.62. The van der Waals surface area contributed by atoms with Crippen LogP contribution in [0.5, 0.6) is 0 Å². The summed E-state index contributed by atoms with van der Waals surface area (Å²) in [5, 5.41) is 0. The molecule has 0 heteroatoms. The zero-order valence-electron chi connectivity index (χ0n) is 8.41. The van der Waals surface area contributed by atoms with E-state index >= 15 is 0 Å². The summed E-state index contributed by atoms with van der Waals surface area (Å²) >= 11 is 0. The molecule has 0 amide bonds. The Morgan fingerprint density at radius 1 is 0.462 bits per heavy atom. The molecule has 0 N–H and O–H groups in total. The molecule has 0 aromatic heterocycles. The monoisotopic (exact) mass is 176 g/mol. The highest BCUT2D eigenvalue weighted by Gasteiger charge is 2.53. The van der Waals surface area contributed by atoms with E-state index < -0.39 is 0 Å². The van der Waals surface area contributed by atoms with Gasteiger partial charge in [0.05, 0.1) is 0 Å². The summed E-state index contributed by atoms with van der Waals surface area (Å²) < 4.78 is 0. The highest BCUT2D eigenvalue weighted by atomic mass is 14.6. The molecule has 0 aromatic carbocycles. The molecule has 6 unspecified atom stereocenters. The molecular formula is C13H20. The molecule has 4 fully saturated rings. The second-order valence-corrected chi connectivity index (χ2v) is 6.23. The van der Waals surface area contributed by atoms with Crippen molar-refractivity contribution >= 4 is 0 Å². The largest absolute Gasteiger partial charge is 0.0499 e.